The van der Waals surface area contributed by atoms with Gasteiger partial charge in [0.1, 0.15) is 17.4 Å². The average Bonchev–Trinajstić information content (AvgIpc) is 2.64. The standard InChI is InChI=1S/C13H16N2O3/c16-12(17)15-11-9-3-1-2-4-10(9)18-13(11)5-7-14-8-6-13/h1-4,11,14-15H,5-8H2,(H,16,17)/t11-/m1/s1. The Morgan fingerprint density at radius 3 is 2.83 bits per heavy atom. The summed E-state index contributed by atoms with van der Waals surface area (Å²) < 4.78 is 6.08. The van der Waals surface area contributed by atoms with E-state index in [1.165, 1.54) is 0 Å². The first-order chi connectivity index (χ1) is 8.71. The lowest BCUT2D eigenvalue weighted by Crippen LogP contribution is -2.52. The van der Waals surface area contributed by atoms with E-state index in [0.29, 0.717) is 0 Å². The number of carbonyl (C=O) groups is 1. The number of hydrogen-bond acceptors (Lipinski definition) is 3. The van der Waals surface area contributed by atoms with Crippen LogP contribution in [0.1, 0.15) is 24.4 Å². The molecular formula is C13H16N2O3. The Balaban J connectivity index is 1.98. The van der Waals surface area contributed by atoms with Crippen molar-refractivity contribution < 1.29 is 14.6 Å². The van der Waals surface area contributed by atoms with Crippen LogP contribution in [0.15, 0.2) is 24.3 Å². The van der Waals surface area contributed by atoms with Gasteiger partial charge in [0.15, 0.2) is 0 Å². The molecule has 1 aromatic rings. The van der Waals surface area contributed by atoms with E-state index < -0.39 is 11.7 Å². The Kier molecular flexibility index (Phi) is 2.63. The summed E-state index contributed by atoms with van der Waals surface area (Å²) in [7, 11) is 0. The van der Waals surface area contributed by atoms with Gasteiger partial charge in [-0.1, -0.05) is 18.2 Å². The molecule has 0 unspecified atom stereocenters. The number of rotatable bonds is 1. The minimum atomic E-state index is -1.00. The molecule has 1 spiro atoms. The van der Waals surface area contributed by atoms with Crippen molar-refractivity contribution in [3.8, 4) is 5.75 Å². The van der Waals surface area contributed by atoms with Crippen LogP contribution in [0.4, 0.5) is 4.79 Å². The number of benzene rings is 1. The summed E-state index contributed by atoms with van der Waals surface area (Å²) >= 11 is 0. The first-order valence-electron chi connectivity index (χ1n) is 6.19. The van der Waals surface area contributed by atoms with Crippen LogP contribution >= 0.6 is 0 Å². The van der Waals surface area contributed by atoms with Gasteiger partial charge in [0.05, 0.1) is 0 Å². The molecule has 18 heavy (non-hydrogen) atoms. The van der Waals surface area contributed by atoms with E-state index >= 15 is 0 Å². The van der Waals surface area contributed by atoms with Crippen molar-refractivity contribution in [1.29, 1.82) is 0 Å². The van der Waals surface area contributed by atoms with Crippen LogP contribution in [0.5, 0.6) is 5.75 Å². The number of amides is 1. The predicted octanol–water partition coefficient (Wildman–Crippen LogP) is 1.51. The van der Waals surface area contributed by atoms with Gasteiger partial charge in [-0.25, -0.2) is 4.79 Å². The molecule has 0 saturated carbocycles. The number of fused-ring (bicyclic) bond motifs is 1. The molecule has 1 saturated heterocycles. The maximum absolute atomic E-state index is 11.0. The lowest BCUT2D eigenvalue weighted by Gasteiger charge is -2.37. The second-order valence-electron chi connectivity index (χ2n) is 4.84. The molecule has 1 amide bonds. The molecule has 1 fully saturated rings. The van der Waals surface area contributed by atoms with Crippen LogP contribution in [0.25, 0.3) is 0 Å². The Morgan fingerprint density at radius 2 is 2.11 bits per heavy atom. The largest absolute Gasteiger partial charge is 0.484 e. The van der Waals surface area contributed by atoms with Crippen LogP contribution in [0.3, 0.4) is 0 Å². The fraction of sp³-hybridized carbons (Fsp3) is 0.462. The maximum Gasteiger partial charge on any atom is 0.405 e. The SMILES string of the molecule is O=C(O)N[C@@H]1c2ccccc2OC12CCNCC2. The number of para-hydroxylation sites is 1. The zero-order valence-corrected chi connectivity index (χ0v) is 9.98. The fourth-order valence-corrected chi connectivity index (χ4v) is 2.95. The van der Waals surface area contributed by atoms with Gasteiger partial charge in [-0.3, -0.25) is 0 Å². The number of nitrogens with one attached hydrogen (secondary N) is 2. The Bertz CT molecular complexity index is 469. The Hall–Kier alpha value is -1.75. The van der Waals surface area contributed by atoms with Gasteiger partial charge in [0.2, 0.25) is 0 Å². The average molecular weight is 248 g/mol. The van der Waals surface area contributed by atoms with Crippen LogP contribution in [0.2, 0.25) is 0 Å². The van der Waals surface area contributed by atoms with Crippen molar-refractivity contribution in [2.45, 2.75) is 24.5 Å². The number of hydrogen-bond donors (Lipinski definition) is 3. The quantitative estimate of drug-likeness (QED) is 0.704. The second-order valence-corrected chi connectivity index (χ2v) is 4.84. The van der Waals surface area contributed by atoms with E-state index in [9.17, 15) is 4.79 Å². The highest BCUT2D eigenvalue weighted by Gasteiger charge is 2.49. The minimum absolute atomic E-state index is 0.270. The first kappa shape index (κ1) is 11.3. The van der Waals surface area contributed by atoms with Crippen molar-refractivity contribution in [1.82, 2.24) is 10.6 Å². The van der Waals surface area contributed by atoms with Crippen LogP contribution in [0, 0.1) is 0 Å². The fourth-order valence-electron chi connectivity index (χ4n) is 2.95. The zero-order chi connectivity index (χ0) is 12.6. The molecule has 0 aliphatic carbocycles. The summed E-state index contributed by atoms with van der Waals surface area (Å²) in [6.45, 7) is 1.71. The molecule has 1 aromatic carbocycles. The Morgan fingerprint density at radius 1 is 1.39 bits per heavy atom. The molecule has 3 rings (SSSR count). The Labute approximate surface area is 105 Å². The maximum atomic E-state index is 11.0. The summed E-state index contributed by atoms with van der Waals surface area (Å²) in [5.74, 6) is 0.804. The van der Waals surface area contributed by atoms with Crippen molar-refractivity contribution in [2.75, 3.05) is 13.1 Å². The summed E-state index contributed by atoms with van der Waals surface area (Å²) in [4.78, 5) is 11.0. The van der Waals surface area contributed by atoms with Crippen molar-refractivity contribution in [3.05, 3.63) is 29.8 Å². The molecule has 2 heterocycles. The smallest absolute Gasteiger partial charge is 0.405 e. The molecular weight excluding hydrogens is 232 g/mol. The third kappa shape index (κ3) is 1.71. The summed E-state index contributed by atoms with van der Waals surface area (Å²) in [6.07, 6.45) is 0.623. The normalized spacial score (nSPS) is 24.3. The lowest BCUT2D eigenvalue weighted by atomic mass is 9.83. The first-order valence-corrected chi connectivity index (χ1v) is 6.19. The molecule has 96 valence electrons. The van der Waals surface area contributed by atoms with Gasteiger partial charge in [-0.05, 0) is 19.2 Å². The topological polar surface area (TPSA) is 70.6 Å². The molecule has 0 radical (unpaired) electrons. The number of piperidine rings is 1. The number of carboxylic acid groups (broad SMARTS) is 1. The van der Waals surface area contributed by atoms with Crippen LogP contribution in [-0.4, -0.2) is 29.9 Å². The van der Waals surface area contributed by atoms with Crippen molar-refractivity contribution in [2.24, 2.45) is 0 Å². The number of ether oxygens (including phenoxy) is 1. The molecule has 5 nitrogen and oxygen atoms in total. The zero-order valence-electron chi connectivity index (χ0n) is 9.98. The molecule has 3 N–H and O–H groups in total. The van der Waals surface area contributed by atoms with Crippen molar-refractivity contribution >= 4 is 6.09 Å². The highest BCUT2D eigenvalue weighted by atomic mass is 16.5. The third-order valence-corrected chi connectivity index (χ3v) is 3.79. The summed E-state index contributed by atoms with van der Waals surface area (Å²) in [5, 5.41) is 14.9. The lowest BCUT2D eigenvalue weighted by molar-refractivity contribution is 0.0258. The van der Waals surface area contributed by atoms with Gasteiger partial charge in [-0.15, -0.1) is 0 Å². The van der Waals surface area contributed by atoms with Crippen LogP contribution in [-0.2, 0) is 0 Å². The molecule has 1 atom stereocenters. The van der Waals surface area contributed by atoms with Crippen molar-refractivity contribution in [3.63, 3.8) is 0 Å². The highest BCUT2D eigenvalue weighted by Crippen LogP contribution is 2.47. The molecule has 5 heteroatoms. The molecule has 0 bridgehead atoms. The summed E-state index contributed by atoms with van der Waals surface area (Å²) in [6, 6.07) is 7.40. The molecule has 2 aliphatic heterocycles. The van der Waals surface area contributed by atoms with E-state index in [2.05, 4.69) is 10.6 Å². The summed E-state index contributed by atoms with van der Waals surface area (Å²) in [5.41, 5.74) is 0.523. The molecule has 2 aliphatic rings. The van der Waals surface area contributed by atoms with E-state index in [1.807, 2.05) is 24.3 Å². The van der Waals surface area contributed by atoms with E-state index in [0.717, 1.165) is 37.2 Å². The van der Waals surface area contributed by atoms with Gasteiger partial charge in [-0.2, -0.15) is 0 Å². The second kappa shape index (κ2) is 4.17. The van der Waals surface area contributed by atoms with Gasteiger partial charge >= 0.3 is 6.09 Å². The van der Waals surface area contributed by atoms with Crippen LogP contribution < -0.4 is 15.4 Å². The molecule has 0 aromatic heterocycles. The van der Waals surface area contributed by atoms with E-state index in [4.69, 9.17) is 9.84 Å². The van der Waals surface area contributed by atoms with E-state index in [-0.39, 0.29) is 6.04 Å². The minimum Gasteiger partial charge on any atom is -0.484 e. The monoisotopic (exact) mass is 248 g/mol. The van der Waals surface area contributed by atoms with Gasteiger partial charge < -0.3 is 20.5 Å². The third-order valence-electron chi connectivity index (χ3n) is 3.79. The van der Waals surface area contributed by atoms with Gasteiger partial charge in [0.25, 0.3) is 0 Å². The highest BCUT2D eigenvalue weighted by molar-refractivity contribution is 5.66. The predicted molar refractivity (Wildman–Crippen MR) is 65.8 cm³/mol. The van der Waals surface area contributed by atoms with E-state index in [1.54, 1.807) is 0 Å². The van der Waals surface area contributed by atoms with Gasteiger partial charge in [0, 0.05) is 18.4 Å².